The molecule has 0 radical (unpaired) electrons. The highest BCUT2D eigenvalue weighted by molar-refractivity contribution is 7.99. The van der Waals surface area contributed by atoms with Gasteiger partial charge in [0.2, 0.25) is 0 Å². The van der Waals surface area contributed by atoms with Gasteiger partial charge >= 0.3 is 0 Å². The minimum atomic E-state index is -0.148. The second kappa shape index (κ2) is 5.96. The first-order valence-electron chi connectivity index (χ1n) is 7.26. The molecule has 22 heavy (non-hydrogen) atoms. The van der Waals surface area contributed by atoms with Crippen molar-refractivity contribution in [3.8, 4) is 5.69 Å². The SMILES string of the molecule is CC(C)[C@@H](C)Sc1nc2c(cnn2-c2ccccc2)c(=O)[nH]1. The number of nitrogens with zero attached hydrogens (tertiary/aromatic N) is 3. The minimum Gasteiger partial charge on any atom is -0.301 e. The Kier molecular flexibility index (Phi) is 4.02. The summed E-state index contributed by atoms with van der Waals surface area (Å²) >= 11 is 1.58. The fourth-order valence-electron chi connectivity index (χ4n) is 2.02. The van der Waals surface area contributed by atoms with Crippen molar-refractivity contribution in [1.82, 2.24) is 19.7 Å². The molecule has 0 saturated heterocycles. The number of rotatable bonds is 4. The summed E-state index contributed by atoms with van der Waals surface area (Å²) < 4.78 is 1.70. The summed E-state index contributed by atoms with van der Waals surface area (Å²) in [5.41, 5.74) is 1.34. The van der Waals surface area contributed by atoms with Gasteiger partial charge in [-0.15, -0.1) is 0 Å². The van der Waals surface area contributed by atoms with Crippen LogP contribution in [0.4, 0.5) is 0 Å². The molecule has 3 aromatic rings. The maximum absolute atomic E-state index is 12.2. The van der Waals surface area contributed by atoms with Crippen LogP contribution in [0, 0.1) is 5.92 Å². The topological polar surface area (TPSA) is 63.6 Å². The monoisotopic (exact) mass is 314 g/mol. The normalized spacial score (nSPS) is 12.9. The quantitative estimate of drug-likeness (QED) is 0.593. The van der Waals surface area contributed by atoms with E-state index in [1.165, 1.54) is 0 Å². The van der Waals surface area contributed by atoms with Gasteiger partial charge in [-0.05, 0) is 18.1 Å². The van der Waals surface area contributed by atoms with Gasteiger partial charge < -0.3 is 4.98 Å². The molecule has 0 saturated carbocycles. The van der Waals surface area contributed by atoms with Crippen LogP contribution in [0.2, 0.25) is 0 Å². The summed E-state index contributed by atoms with van der Waals surface area (Å²) in [6.45, 7) is 6.44. The van der Waals surface area contributed by atoms with Crippen LogP contribution < -0.4 is 5.56 Å². The zero-order valence-electron chi connectivity index (χ0n) is 12.8. The Morgan fingerprint density at radius 3 is 2.59 bits per heavy atom. The largest absolute Gasteiger partial charge is 0.301 e. The lowest BCUT2D eigenvalue weighted by Gasteiger charge is -2.13. The van der Waals surface area contributed by atoms with Crippen LogP contribution in [-0.2, 0) is 0 Å². The predicted octanol–water partition coefficient (Wildman–Crippen LogP) is 3.25. The summed E-state index contributed by atoms with van der Waals surface area (Å²) in [6.07, 6.45) is 1.56. The number of hydrogen-bond acceptors (Lipinski definition) is 4. The van der Waals surface area contributed by atoms with Gasteiger partial charge in [0, 0.05) is 5.25 Å². The first kappa shape index (κ1) is 14.8. The zero-order chi connectivity index (χ0) is 15.7. The molecule has 0 amide bonds. The van der Waals surface area contributed by atoms with Crippen molar-refractivity contribution in [3.63, 3.8) is 0 Å². The van der Waals surface area contributed by atoms with Crippen molar-refractivity contribution in [2.45, 2.75) is 31.2 Å². The van der Waals surface area contributed by atoms with E-state index in [9.17, 15) is 4.79 Å². The number of benzene rings is 1. The number of thioether (sulfide) groups is 1. The molecule has 0 bridgehead atoms. The summed E-state index contributed by atoms with van der Waals surface area (Å²) in [4.78, 5) is 19.7. The number of aromatic amines is 1. The number of aromatic nitrogens is 4. The standard InChI is InChI=1S/C16H18N4OS/c1-10(2)11(3)22-16-18-14-13(15(21)19-16)9-17-20(14)12-7-5-4-6-8-12/h4-11H,1-3H3,(H,18,19,21)/t11-/m1/s1. The van der Waals surface area contributed by atoms with E-state index in [2.05, 4.69) is 35.8 Å². The molecule has 3 rings (SSSR count). The molecule has 1 aromatic carbocycles. The highest BCUT2D eigenvalue weighted by atomic mass is 32.2. The van der Waals surface area contributed by atoms with E-state index in [-0.39, 0.29) is 5.56 Å². The third-order valence-electron chi connectivity index (χ3n) is 3.65. The third kappa shape index (κ3) is 2.78. The van der Waals surface area contributed by atoms with E-state index in [1.54, 1.807) is 22.6 Å². The molecule has 0 spiro atoms. The summed E-state index contributed by atoms with van der Waals surface area (Å²) in [5, 5.41) is 5.82. The fourth-order valence-corrected chi connectivity index (χ4v) is 2.94. The molecule has 1 atom stereocenters. The van der Waals surface area contributed by atoms with E-state index in [0.717, 1.165) is 5.69 Å². The molecule has 1 N–H and O–H groups in total. The number of para-hydroxylation sites is 1. The Morgan fingerprint density at radius 1 is 1.18 bits per heavy atom. The molecule has 0 fully saturated rings. The Morgan fingerprint density at radius 2 is 1.91 bits per heavy atom. The highest BCUT2D eigenvalue weighted by Gasteiger charge is 2.15. The molecular weight excluding hydrogens is 296 g/mol. The van der Waals surface area contributed by atoms with Crippen LogP contribution in [0.15, 0.2) is 46.5 Å². The van der Waals surface area contributed by atoms with Crippen LogP contribution in [0.25, 0.3) is 16.7 Å². The molecule has 2 aromatic heterocycles. The molecule has 0 aliphatic carbocycles. The van der Waals surface area contributed by atoms with Gasteiger partial charge in [-0.3, -0.25) is 4.79 Å². The van der Waals surface area contributed by atoms with E-state index in [0.29, 0.717) is 27.4 Å². The van der Waals surface area contributed by atoms with Crippen molar-refractivity contribution >= 4 is 22.8 Å². The van der Waals surface area contributed by atoms with Crippen molar-refractivity contribution in [3.05, 3.63) is 46.9 Å². The third-order valence-corrected chi connectivity index (χ3v) is 4.99. The van der Waals surface area contributed by atoms with E-state index < -0.39 is 0 Å². The Labute approximate surface area is 132 Å². The second-order valence-corrected chi connectivity index (χ2v) is 6.93. The van der Waals surface area contributed by atoms with Crippen LogP contribution in [0.3, 0.4) is 0 Å². The van der Waals surface area contributed by atoms with Gasteiger partial charge in [0.1, 0.15) is 5.39 Å². The first-order chi connectivity index (χ1) is 10.6. The van der Waals surface area contributed by atoms with Crippen molar-refractivity contribution in [2.24, 2.45) is 5.92 Å². The lowest BCUT2D eigenvalue weighted by molar-refractivity contribution is 0.640. The molecule has 5 nitrogen and oxygen atoms in total. The molecule has 0 unspecified atom stereocenters. The van der Waals surface area contributed by atoms with Gasteiger partial charge in [0.25, 0.3) is 5.56 Å². The molecule has 0 aliphatic rings. The molecule has 2 heterocycles. The maximum Gasteiger partial charge on any atom is 0.262 e. The second-order valence-electron chi connectivity index (χ2n) is 5.57. The predicted molar refractivity (Wildman–Crippen MR) is 89.6 cm³/mol. The average Bonchev–Trinajstić information content (AvgIpc) is 2.92. The van der Waals surface area contributed by atoms with Crippen molar-refractivity contribution < 1.29 is 0 Å². The lowest BCUT2D eigenvalue weighted by atomic mass is 10.2. The molecule has 6 heteroatoms. The summed E-state index contributed by atoms with van der Waals surface area (Å²) in [7, 11) is 0. The van der Waals surface area contributed by atoms with Gasteiger partial charge in [-0.25, -0.2) is 9.67 Å². The number of H-pyrrole nitrogens is 1. The van der Waals surface area contributed by atoms with Gasteiger partial charge in [-0.1, -0.05) is 50.7 Å². The fraction of sp³-hybridized carbons (Fsp3) is 0.312. The first-order valence-corrected chi connectivity index (χ1v) is 8.14. The van der Waals surface area contributed by atoms with Crippen LogP contribution in [0.1, 0.15) is 20.8 Å². The van der Waals surface area contributed by atoms with Gasteiger partial charge in [0.05, 0.1) is 11.9 Å². The highest BCUT2D eigenvalue weighted by Crippen LogP contribution is 2.25. The van der Waals surface area contributed by atoms with Crippen LogP contribution >= 0.6 is 11.8 Å². The number of hydrogen-bond donors (Lipinski definition) is 1. The van der Waals surface area contributed by atoms with Gasteiger partial charge in [-0.2, -0.15) is 5.10 Å². The lowest BCUT2D eigenvalue weighted by Crippen LogP contribution is -2.13. The van der Waals surface area contributed by atoms with Crippen molar-refractivity contribution in [1.29, 1.82) is 0 Å². The Bertz CT molecular complexity index is 838. The Balaban J connectivity index is 2.10. The van der Waals surface area contributed by atoms with Gasteiger partial charge in [0.15, 0.2) is 10.8 Å². The van der Waals surface area contributed by atoms with Crippen LogP contribution in [-0.4, -0.2) is 25.0 Å². The van der Waals surface area contributed by atoms with Crippen LogP contribution in [0.5, 0.6) is 0 Å². The molecule has 0 aliphatic heterocycles. The van der Waals surface area contributed by atoms with Crippen molar-refractivity contribution in [2.75, 3.05) is 0 Å². The zero-order valence-corrected chi connectivity index (χ0v) is 13.6. The molecule has 114 valence electrons. The van der Waals surface area contributed by atoms with E-state index in [4.69, 9.17) is 0 Å². The van der Waals surface area contributed by atoms with E-state index >= 15 is 0 Å². The number of nitrogens with one attached hydrogen (secondary N) is 1. The Hall–Kier alpha value is -2.08. The average molecular weight is 314 g/mol. The molecular formula is C16H18N4OS. The number of fused-ring (bicyclic) bond motifs is 1. The maximum atomic E-state index is 12.2. The summed E-state index contributed by atoms with van der Waals surface area (Å²) in [5.74, 6) is 0.505. The van der Waals surface area contributed by atoms with E-state index in [1.807, 2.05) is 30.3 Å². The summed E-state index contributed by atoms with van der Waals surface area (Å²) in [6, 6.07) is 9.71. The minimum absolute atomic E-state index is 0.148. The smallest absolute Gasteiger partial charge is 0.262 e.